The Morgan fingerprint density at radius 2 is 0.473 bits per heavy atom. The second-order valence-corrected chi connectivity index (χ2v) is 28.7. The summed E-state index contributed by atoms with van der Waals surface area (Å²) in [5, 5.41) is 11.9. The van der Waals surface area contributed by atoms with Gasteiger partial charge in [-0.3, -0.25) is 0 Å². The van der Waals surface area contributed by atoms with Crippen LogP contribution >= 0.6 is 0 Å². The first-order valence-corrected chi connectivity index (χ1v) is 38.2. The highest BCUT2D eigenvalue weighted by Crippen LogP contribution is 2.47. The molecule has 526 valence electrons. The molecule has 0 aliphatic rings. The van der Waals surface area contributed by atoms with E-state index in [2.05, 4.69) is 444 Å². The number of furan rings is 2. The van der Waals surface area contributed by atoms with Crippen LogP contribution in [-0.4, -0.2) is 9.13 Å². The van der Waals surface area contributed by atoms with Crippen molar-refractivity contribution in [3.63, 3.8) is 0 Å². The van der Waals surface area contributed by atoms with Crippen LogP contribution in [0, 0.1) is 0 Å². The fourth-order valence-corrected chi connectivity index (χ4v) is 16.9. The van der Waals surface area contributed by atoms with E-state index in [0.717, 1.165) is 134 Å². The van der Waals surface area contributed by atoms with Gasteiger partial charge in [-0.15, -0.1) is 0 Å². The molecule has 0 fully saturated rings. The van der Waals surface area contributed by atoms with Gasteiger partial charge < -0.3 is 27.8 Å². The van der Waals surface area contributed by atoms with Crippen LogP contribution in [0.25, 0.3) is 165 Å². The molecular weight excluding hydrogens is 1360 g/mol. The molecule has 0 spiro atoms. The van der Waals surface area contributed by atoms with E-state index >= 15 is 0 Å². The average molecular weight is 1430 g/mol. The summed E-state index contributed by atoms with van der Waals surface area (Å²) in [5.74, 6) is 0. The lowest BCUT2D eigenvalue weighted by atomic mass is 9.97. The molecule has 0 saturated carbocycles. The van der Waals surface area contributed by atoms with E-state index in [9.17, 15) is 0 Å². The van der Waals surface area contributed by atoms with Crippen molar-refractivity contribution in [2.45, 2.75) is 0 Å². The Balaban J connectivity index is 0.000000144. The molecule has 4 aromatic heterocycles. The van der Waals surface area contributed by atoms with Gasteiger partial charge in [0.1, 0.15) is 22.2 Å². The molecule has 18 aromatic carbocycles. The predicted octanol–water partition coefficient (Wildman–Crippen LogP) is 29.8. The van der Waals surface area contributed by atoms with Gasteiger partial charge in [-0.05, 0) is 216 Å². The van der Waals surface area contributed by atoms with E-state index in [1.807, 2.05) is 0 Å². The van der Waals surface area contributed by atoms with Crippen molar-refractivity contribution in [3.05, 3.63) is 425 Å². The maximum absolute atomic E-state index is 6.89. The number of hydrogen-bond donors (Lipinski definition) is 0. The number of para-hydroxylation sites is 7. The molecular formula is C106H70N4O2. The minimum atomic E-state index is 0.889. The molecule has 22 rings (SSSR count). The molecule has 0 bridgehead atoms. The van der Waals surface area contributed by atoms with Gasteiger partial charge in [0.15, 0.2) is 11.2 Å². The summed E-state index contributed by atoms with van der Waals surface area (Å²) in [5.41, 5.74) is 28.4. The van der Waals surface area contributed by atoms with Gasteiger partial charge in [-0.25, -0.2) is 0 Å². The largest absolute Gasteiger partial charge is 0.453 e. The Labute approximate surface area is 647 Å². The highest BCUT2D eigenvalue weighted by Gasteiger charge is 2.25. The van der Waals surface area contributed by atoms with E-state index < -0.39 is 0 Å². The van der Waals surface area contributed by atoms with Crippen molar-refractivity contribution in [2.75, 3.05) is 9.80 Å². The number of nitrogens with zero attached hydrogens (tertiary/aromatic N) is 4. The zero-order valence-corrected chi connectivity index (χ0v) is 61.0. The SMILES string of the molecule is c1ccc(-n2c3ccccc3c3oc4c(-c5ccc(N(c6ccc(-c7cccc8ccccc78)cc6)c6ccc(-c7cccc8ccccc78)cc6)cc5)cccc4c32)cc1.c1ccc(N(c2ccc(-c3ccc4ccccc4c3)cc2)c2ccc(-c3cccc4c3oc3c5ccccc5n(-c5ccccc5)c43)cc2)cc1. The lowest BCUT2D eigenvalue weighted by Crippen LogP contribution is -2.09. The minimum absolute atomic E-state index is 0.889. The average Bonchev–Trinajstić information content (AvgIpc) is 1.56. The molecule has 22 aromatic rings. The molecule has 0 aliphatic heterocycles. The molecule has 0 unspecified atom stereocenters. The summed E-state index contributed by atoms with van der Waals surface area (Å²) in [7, 11) is 0. The first-order chi connectivity index (χ1) is 55.6. The number of benzene rings is 18. The van der Waals surface area contributed by atoms with E-state index in [0.29, 0.717) is 0 Å². The van der Waals surface area contributed by atoms with Crippen LogP contribution in [0.3, 0.4) is 0 Å². The maximum Gasteiger partial charge on any atom is 0.161 e. The summed E-state index contributed by atoms with van der Waals surface area (Å²) in [6, 6.07) is 152. The molecule has 4 heterocycles. The number of hydrogen-bond acceptors (Lipinski definition) is 4. The van der Waals surface area contributed by atoms with E-state index in [-0.39, 0.29) is 0 Å². The van der Waals surface area contributed by atoms with Gasteiger partial charge in [-0.1, -0.05) is 285 Å². The smallest absolute Gasteiger partial charge is 0.161 e. The second-order valence-electron chi connectivity index (χ2n) is 28.7. The molecule has 0 atom stereocenters. The zero-order chi connectivity index (χ0) is 74.0. The third kappa shape index (κ3) is 11.4. The Bertz CT molecular complexity index is 7130. The van der Waals surface area contributed by atoms with Crippen LogP contribution in [-0.2, 0) is 0 Å². The minimum Gasteiger partial charge on any atom is -0.453 e. The number of anilines is 6. The first kappa shape index (κ1) is 65.3. The van der Waals surface area contributed by atoms with Crippen LogP contribution in [0.15, 0.2) is 433 Å². The van der Waals surface area contributed by atoms with Crippen LogP contribution in [0.2, 0.25) is 0 Å². The second kappa shape index (κ2) is 27.7. The topological polar surface area (TPSA) is 42.6 Å². The molecule has 6 heteroatoms. The van der Waals surface area contributed by atoms with Crippen LogP contribution in [0.5, 0.6) is 0 Å². The van der Waals surface area contributed by atoms with Crippen molar-refractivity contribution in [3.8, 4) is 67.0 Å². The van der Waals surface area contributed by atoms with Crippen molar-refractivity contribution < 1.29 is 8.83 Å². The van der Waals surface area contributed by atoms with Crippen LogP contribution in [0.1, 0.15) is 0 Å². The van der Waals surface area contributed by atoms with Gasteiger partial charge >= 0.3 is 0 Å². The maximum atomic E-state index is 6.89. The first-order valence-electron chi connectivity index (χ1n) is 38.2. The van der Waals surface area contributed by atoms with E-state index in [1.165, 1.54) is 65.7 Å². The molecule has 0 aliphatic carbocycles. The third-order valence-electron chi connectivity index (χ3n) is 22.2. The summed E-state index contributed by atoms with van der Waals surface area (Å²) >= 11 is 0. The highest BCUT2D eigenvalue weighted by molar-refractivity contribution is 6.20. The summed E-state index contributed by atoms with van der Waals surface area (Å²) in [6.45, 7) is 0. The molecule has 112 heavy (non-hydrogen) atoms. The summed E-state index contributed by atoms with van der Waals surface area (Å²) in [4.78, 5) is 4.66. The highest BCUT2D eigenvalue weighted by atomic mass is 16.3. The van der Waals surface area contributed by atoms with Crippen molar-refractivity contribution in [1.82, 2.24) is 9.13 Å². The lowest BCUT2D eigenvalue weighted by molar-refractivity contribution is 0.673. The quantitative estimate of drug-likeness (QED) is 0.115. The van der Waals surface area contributed by atoms with Gasteiger partial charge in [0.2, 0.25) is 0 Å². The van der Waals surface area contributed by atoms with Crippen LogP contribution in [0.4, 0.5) is 34.1 Å². The monoisotopic (exact) mass is 1430 g/mol. The molecule has 0 N–H and O–H groups in total. The normalized spacial score (nSPS) is 11.6. The standard InChI is InChI=1S/C58H38N2O.C48H32N2O/c1-2-17-44(18-3-1)60-55-26-9-8-21-53(55)58-56(60)54-25-12-24-52(57(54)61-58)43-31-37-47(38-32-43)59(45-33-27-41(28-34-45)50-22-10-15-39-13-4-6-19-48(39)50)46-35-29-42(30-36-46)51-23-11-16-40-14-5-7-20-49(40)51;1-3-14-38(15-4-1)49(40-28-24-34(25-29-40)37-23-22-33-12-7-8-13-36(33)32-37)41-30-26-35(27-31-41)42-19-11-20-44-46-48(51-47(42)44)43-18-9-10-21-45(43)50(46)39-16-5-2-6-17-39/h1-38H;1-32H. The number of aromatic nitrogens is 2. The van der Waals surface area contributed by atoms with Gasteiger partial charge in [-0.2, -0.15) is 0 Å². The van der Waals surface area contributed by atoms with Gasteiger partial charge in [0.05, 0.1) is 11.0 Å². The van der Waals surface area contributed by atoms with E-state index in [4.69, 9.17) is 8.83 Å². The van der Waals surface area contributed by atoms with Gasteiger partial charge in [0, 0.05) is 78.2 Å². The molecule has 6 nitrogen and oxygen atoms in total. The molecule has 0 amide bonds. The number of rotatable bonds is 13. The fraction of sp³-hybridized carbons (Fsp3) is 0. The van der Waals surface area contributed by atoms with E-state index in [1.54, 1.807) is 0 Å². The Hall–Kier alpha value is -15.0. The van der Waals surface area contributed by atoms with Crippen molar-refractivity contribution in [1.29, 1.82) is 0 Å². The summed E-state index contributed by atoms with van der Waals surface area (Å²) < 4.78 is 18.4. The van der Waals surface area contributed by atoms with Crippen molar-refractivity contribution in [2.24, 2.45) is 0 Å². The zero-order valence-electron chi connectivity index (χ0n) is 61.0. The van der Waals surface area contributed by atoms with Crippen LogP contribution < -0.4 is 9.80 Å². The van der Waals surface area contributed by atoms with Crippen molar-refractivity contribution >= 4 is 132 Å². The fourth-order valence-electron chi connectivity index (χ4n) is 16.9. The van der Waals surface area contributed by atoms with Gasteiger partial charge in [0.25, 0.3) is 0 Å². The Morgan fingerprint density at radius 3 is 0.902 bits per heavy atom. The molecule has 0 saturated heterocycles. The Kier molecular flexibility index (Phi) is 16.1. The predicted molar refractivity (Wildman–Crippen MR) is 470 cm³/mol. The lowest BCUT2D eigenvalue weighted by Gasteiger charge is -2.26. The molecule has 0 radical (unpaired) electrons. The third-order valence-corrected chi connectivity index (χ3v) is 22.2. The Morgan fingerprint density at radius 1 is 0.179 bits per heavy atom. The number of fused-ring (bicyclic) bond motifs is 13. The summed E-state index contributed by atoms with van der Waals surface area (Å²) in [6.07, 6.45) is 0.